The van der Waals surface area contributed by atoms with E-state index in [0.717, 1.165) is 42.5 Å². The van der Waals surface area contributed by atoms with Gasteiger partial charge in [-0.2, -0.15) is 0 Å². The molecule has 2 unspecified atom stereocenters. The van der Waals surface area contributed by atoms with Crippen molar-refractivity contribution in [1.29, 1.82) is 0 Å². The van der Waals surface area contributed by atoms with Crippen LogP contribution in [-0.2, 0) is 0 Å². The highest BCUT2D eigenvalue weighted by molar-refractivity contribution is 5.71. The Morgan fingerprint density at radius 2 is 2.11 bits per heavy atom. The molecule has 2 fully saturated rings. The van der Waals surface area contributed by atoms with Gasteiger partial charge in [0, 0.05) is 38.1 Å². The molecule has 2 aliphatic rings. The van der Waals surface area contributed by atoms with E-state index < -0.39 is 0 Å². The summed E-state index contributed by atoms with van der Waals surface area (Å²) in [6.45, 7) is 3.32. The van der Waals surface area contributed by atoms with Gasteiger partial charge in [-0.25, -0.2) is 9.97 Å². The highest BCUT2D eigenvalue weighted by Crippen LogP contribution is 2.30. The molecular formula is C14H17N5. The van der Waals surface area contributed by atoms with Gasteiger partial charge in [0.15, 0.2) is 5.65 Å². The molecule has 0 aliphatic carbocycles. The van der Waals surface area contributed by atoms with Crippen LogP contribution in [0.25, 0.3) is 11.2 Å². The van der Waals surface area contributed by atoms with Gasteiger partial charge in [-0.1, -0.05) is 0 Å². The summed E-state index contributed by atoms with van der Waals surface area (Å²) in [5.74, 6) is 1.82. The average molecular weight is 255 g/mol. The van der Waals surface area contributed by atoms with Crippen molar-refractivity contribution in [1.82, 2.24) is 20.3 Å². The first-order chi connectivity index (χ1) is 9.42. The Bertz CT molecular complexity index is 599. The number of hydrogen-bond donors (Lipinski definition) is 1. The molecule has 0 radical (unpaired) electrons. The predicted octanol–water partition coefficient (Wildman–Crippen LogP) is 1.21. The Kier molecular flexibility index (Phi) is 2.58. The van der Waals surface area contributed by atoms with Crippen molar-refractivity contribution >= 4 is 17.0 Å². The van der Waals surface area contributed by atoms with Crippen molar-refractivity contribution in [3.8, 4) is 0 Å². The van der Waals surface area contributed by atoms with Crippen molar-refractivity contribution in [2.45, 2.75) is 18.9 Å². The van der Waals surface area contributed by atoms with E-state index in [4.69, 9.17) is 0 Å². The lowest BCUT2D eigenvalue weighted by molar-refractivity contribution is 0.383. The molecule has 4 rings (SSSR count). The van der Waals surface area contributed by atoms with Crippen molar-refractivity contribution in [2.75, 3.05) is 24.5 Å². The van der Waals surface area contributed by atoms with E-state index in [-0.39, 0.29) is 0 Å². The molecule has 2 aromatic heterocycles. The van der Waals surface area contributed by atoms with Crippen LogP contribution in [0.15, 0.2) is 24.5 Å². The van der Waals surface area contributed by atoms with Gasteiger partial charge >= 0.3 is 0 Å². The van der Waals surface area contributed by atoms with Gasteiger partial charge in [-0.15, -0.1) is 0 Å². The van der Waals surface area contributed by atoms with E-state index in [0.29, 0.717) is 6.04 Å². The van der Waals surface area contributed by atoms with Crippen LogP contribution in [0.3, 0.4) is 0 Å². The Balaban J connectivity index is 1.72. The van der Waals surface area contributed by atoms with Crippen molar-refractivity contribution in [2.24, 2.45) is 5.92 Å². The zero-order chi connectivity index (χ0) is 12.7. The molecule has 0 spiro atoms. The van der Waals surface area contributed by atoms with Crippen LogP contribution in [0.4, 0.5) is 5.82 Å². The summed E-state index contributed by atoms with van der Waals surface area (Å²) >= 11 is 0. The standard InChI is InChI=1S/C14H17N5/c1-2-10-8-15-9-12(10)19(7-1)13-4-3-11-14(18-13)17-6-5-16-11/h3-6,10,12,15H,1-2,7-9H2. The molecule has 1 N–H and O–H groups in total. The molecule has 0 amide bonds. The number of nitrogens with one attached hydrogen (secondary N) is 1. The van der Waals surface area contributed by atoms with Crippen molar-refractivity contribution < 1.29 is 0 Å². The van der Waals surface area contributed by atoms with Gasteiger partial charge in [0.05, 0.1) is 0 Å². The first-order valence-electron chi connectivity index (χ1n) is 6.97. The Morgan fingerprint density at radius 1 is 1.16 bits per heavy atom. The zero-order valence-electron chi connectivity index (χ0n) is 10.8. The summed E-state index contributed by atoms with van der Waals surface area (Å²) in [5.41, 5.74) is 1.61. The van der Waals surface area contributed by atoms with E-state index in [9.17, 15) is 0 Å². The number of pyridine rings is 1. The second-order valence-corrected chi connectivity index (χ2v) is 5.39. The molecule has 0 saturated carbocycles. The van der Waals surface area contributed by atoms with E-state index in [1.54, 1.807) is 12.4 Å². The van der Waals surface area contributed by atoms with E-state index >= 15 is 0 Å². The van der Waals surface area contributed by atoms with Gasteiger partial charge in [0.25, 0.3) is 0 Å². The van der Waals surface area contributed by atoms with Crippen LogP contribution >= 0.6 is 0 Å². The number of fused-ring (bicyclic) bond motifs is 2. The average Bonchev–Trinajstić information content (AvgIpc) is 2.95. The molecule has 98 valence electrons. The third-order valence-corrected chi connectivity index (χ3v) is 4.29. The van der Waals surface area contributed by atoms with Crippen LogP contribution in [0.1, 0.15) is 12.8 Å². The molecule has 0 aromatic carbocycles. The lowest BCUT2D eigenvalue weighted by atomic mass is 9.92. The topological polar surface area (TPSA) is 53.9 Å². The zero-order valence-corrected chi connectivity index (χ0v) is 10.8. The molecule has 5 nitrogen and oxygen atoms in total. The molecule has 2 aliphatic heterocycles. The Labute approximate surface area is 112 Å². The molecule has 2 saturated heterocycles. The minimum Gasteiger partial charge on any atom is -0.352 e. The fourth-order valence-electron chi connectivity index (χ4n) is 3.36. The SMILES string of the molecule is c1cnc2nc(N3CCCC4CNCC43)ccc2n1. The lowest BCUT2D eigenvalue weighted by Gasteiger charge is -2.37. The number of aromatic nitrogens is 3. The van der Waals surface area contributed by atoms with Gasteiger partial charge in [0.1, 0.15) is 11.3 Å². The summed E-state index contributed by atoms with van der Waals surface area (Å²) in [4.78, 5) is 15.7. The minimum absolute atomic E-state index is 0.593. The highest BCUT2D eigenvalue weighted by Gasteiger charge is 2.35. The van der Waals surface area contributed by atoms with Crippen molar-refractivity contribution in [3.05, 3.63) is 24.5 Å². The lowest BCUT2D eigenvalue weighted by Crippen LogP contribution is -2.45. The third-order valence-electron chi connectivity index (χ3n) is 4.29. The summed E-state index contributed by atoms with van der Waals surface area (Å²) in [6, 6.07) is 4.70. The van der Waals surface area contributed by atoms with E-state index in [1.165, 1.54) is 12.8 Å². The normalized spacial score (nSPS) is 26.6. The van der Waals surface area contributed by atoms with Gasteiger partial charge in [-0.05, 0) is 30.9 Å². The molecule has 4 heterocycles. The molecule has 2 atom stereocenters. The van der Waals surface area contributed by atoms with E-state index in [1.807, 2.05) is 6.07 Å². The predicted molar refractivity (Wildman–Crippen MR) is 74.1 cm³/mol. The molecule has 19 heavy (non-hydrogen) atoms. The number of nitrogens with zero attached hydrogens (tertiary/aromatic N) is 4. The highest BCUT2D eigenvalue weighted by atomic mass is 15.3. The first-order valence-corrected chi connectivity index (χ1v) is 6.97. The maximum atomic E-state index is 4.68. The van der Waals surface area contributed by atoms with Crippen LogP contribution in [0.2, 0.25) is 0 Å². The molecular weight excluding hydrogens is 238 g/mol. The van der Waals surface area contributed by atoms with Crippen molar-refractivity contribution in [3.63, 3.8) is 0 Å². The summed E-state index contributed by atoms with van der Waals surface area (Å²) < 4.78 is 0. The number of rotatable bonds is 1. The number of hydrogen-bond acceptors (Lipinski definition) is 5. The second-order valence-electron chi connectivity index (χ2n) is 5.39. The maximum absolute atomic E-state index is 4.68. The van der Waals surface area contributed by atoms with Gasteiger partial charge in [-0.3, -0.25) is 4.98 Å². The second kappa shape index (κ2) is 4.42. The molecule has 2 aromatic rings. The van der Waals surface area contributed by atoms with Gasteiger partial charge in [0.2, 0.25) is 0 Å². The fourth-order valence-corrected chi connectivity index (χ4v) is 3.36. The summed E-state index contributed by atoms with van der Waals surface area (Å²) in [7, 11) is 0. The smallest absolute Gasteiger partial charge is 0.180 e. The minimum atomic E-state index is 0.593. The largest absolute Gasteiger partial charge is 0.352 e. The van der Waals surface area contributed by atoms with Gasteiger partial charge < -0.3 is 10.2 Å². The number of piperidine rings is 1. The third kappa shape index (κ3) is 1.85. The quantitative estimate of drug-likeness (QED) is 0.830. The first kappa shape index (κ1) is 11.1. The van der Waals surface area contributed by atoms with Crippen LogP contribution in [-0.4, -0.2) is 40.6 Å². The Hall–Kier alpha value is -1.75. The van der Waals surface area contributed by atoms with Crippen LogP contribution in [0, 0.1) is 5.92 Å². The Morgan fingerprint density at radius 3 is 3.11 bits per heavy atom. The summed E-state index contributed by atoms with van der Waals surface area (Å²) in [5, 5.41) is 3.50. The van der Waals surface area contributed by atoms with Crippen LogP contribution < -0.4 is 10.2 Å². The molecule has 0 bridgehead atoms. The maximum Gasteiger partial charge on any atom is 0.180 e. The monoisotopic (exact) mass is 255 g/mol. The molecule has 5 heteroatoms. The summed E-state index contributed by atoms with van der Waals surface area (Å²) in [6.07, 6.45) is 6.00. The number of anilines is 1. The van der Waals surface area contributed by atoms with E-state index in [2.05, 4.69) is 31.2 Å². The van der Waals surface area contributed by atoms with Crippen LogP contribution in [0.5, 0.6) is 0 Å². The fraction of sp³-hybridized carbons (Fsp3) is 0.500.